The molecule has 4 aromatic rings. The first-order valence-electron chi connectivity index (χ1n) is 9.18. The van der Waals surface area contributed by atoms with Gasteiger partial charge in [-0.05, 0) is 24.6 Å². The molecule has 0 aromatic carbocycles. The number of pyridine rings is 2. The molecule has 0 radical (unpaired) electrons. The van der Waals surface area contributed by atoms with Gasteiger partial charge >= 0.3 is 5.97 Å². The number of rotatable bonds is 6. The number of carbonyl (C=O) groups excluding carboxylic acids is 1. The highest BCUT2D eigenvalue weighted by Crippen LogP contribution is 2.20. The standard InChI is InChI=1S/C20H19FN6O2/c1-3-8-27-17(25-15-10-13(20(28)29-2)11-23-19(15)27)12-26-9-7-22-18(26)14-5-4-6-16(21)24-14/h4-7,9-11H,3,8,12H2,1-2H3. The van der Waals surface area contributed by atoms with Gasteiger partial charge in [-0.15, -0.1) is 0 Å². The Morgan fingerprint density at radius 2 is 2.10 bits per heavy atom. The zero-order valence-electron chi connectivity index (χ0n) is 16.0. The molecule has 0 aliphatic rings. The fourth-order valence-electron chi connectivity index (χ4n) is 3.22. The topological polar surface area (TPSA) is 87.7 Å². The molecule has 0 saturated carbocycles. The quantitative estimate of drug-likeness (QED) is 0.369. The van der Waals surface area contributed by atoms with Gasteiger partial charge in [0.2, 0.25) is 5.95 Å². The predicted molar refractivity (Wildman–Crippen MR) is 104 cm³/mol. The molecular weight excluding hydrogens is 375 g/mol. The fraction of sp³-hybridized carbons (Fsp3) is 0.250. The molecule has 0 aliphatic carbocycles. The van der Waals surface area contributed by atoms with E-state index in [0.717, 1.165) is 18.8 Å². The van der Waals surface area contributed by atoms with Crippen molar-refractivity contribution in [2.24, 2.45) is 0 Å². The van der Waals surface area contributed by atoms with Crippen molar-refractivity contribution in [2.75, 3.05) is 7.11 Å². The Morgan fingerprint density at radius 3 is 2.86 bits per heavy atom. The van der Waals surface area contributed by atoms with Crippen LogP contribution in [0.2, 0.25) is 0 Å². The number of nitrogens with zero attached hydrogens (tertiary/aromatic N) is 6. The number of aryl methyl sites for hydroxylation is 1. The van der Waals surface area contributed by atoms with Crippen molar-refractivity contribution in [1.29, 1.82) is 0 Å². The third-order valence-electron chi connectivity index (χ3n) is 4.50. The highest BCUT2D eigenvalue weighted by atomic mass is 19.1. The summed E-state index contributed by atoms with van der Waals surface area (Å²) in [6.07, 6.45) is 5.82. The predicted octanol–water partition coefficient (Wildman–Crippen LogP) is 3.07. The summed E-state index contributed by atoms with van der Waals surface area (Å²) in [5.74, 6) is 0.282. The van der Waals surface area contributed by atoms with Crippen LogP contribution in [0.1, 0.15) is 29.5 Å². The summed E-state index contributed by atoms with van der Waals surface area (Å²) in [6.45, 7) is 3.19. The summed E-state index contributed by atoms with van der Waals surface area (Å²) >= 11 is 0. The van der Waals surface area contributed by atoms with Gasteiger partial charge in [-0.3, -0.25) is 0 Å². The number of hydrogen-bond donors (Lipinski definition) is 0. The summed E-state index contributed by atoms with van der Waals surface area (Å²) in [7, 11) is 1.33. The number of fused-ring (bicyclic) bond motifs is 1. The van der Waals surface area contributed by atoms with Crippen LogP contribution in [-0.2, 0) is 17.8 Å². The molecule has 8 nitrogen and oxygen atoms in total. The van der Waals surface area contributed by atoms with Crippen LogP contribution in [0.5, 0.6) is 0 Å². The molecule has 0 amide bonds. The van der Waals surface area contributed by atoms with Crippen molar-refractivity contribution in [3.05, 3.63) is 60.2 Å². The summed E-state index contributed by atoms with van der Waals surface area (Å²) in [5.41, 5.74) is 2.10. The van der Waals surface area contributed by atoms with Gasteiger partial charge in [-0.1, -0.05) is 13.0 Å². The van der Waals surface area contributed by atoms with E-state index in [1.54, 1.807) is 30.6 Å². The van der Waals surface area contributed by atoms with Crippen LogP contribution in [0.25, 0.3) is 22.7 Å². The number of methoxy groups -OCH3 is 1. The van der Waals surface area contributed by atoms with E-state index < -0.39 is 11.9 Å². The van der Waals surface area contributed by atoms with Gasteiger partial charge in [0.15, 0.2) is 11.5 Å². The Hall–Kier alpha value is -3.62. The number of hydrogen-bond acceptors (Lipinski definition) is 6. The molecule has 0 bridgehead atoms. The molecule has 0 fully saturated rings. The second kappa shape index (κ2) is 7.78. The van der Waals surface area contributed by atoms with Gasteiger partial charge in [0.1, 0.15) is 17.0 Å². The van der Waals surface area contributed by atoms with Crippen LogP contribution in [0.3, 0.4) is 0 Å². The molecule has 9 heteroatoms. The first-order valence-corrected chi connectivity index (χ1v) is 9.18. The maximum atomic E-state index is 13.5. The van der Waals surface area contributed by atoms with Crippen molar-refractivity contribution >= 4 is 17.1 Å². The third-order valence-corrected chi connectivity index (χ3v) is 4.50. The highest BCUT2D eigenvalue weighted by molar-refractivity contribution is 5.92. The van der Waals surface area contributed by atoms with Crippen LogP contribution in [0.4, 0.5) is 4.39 Å². The van der Waals surface area contributed by atoms with E-state index in [1.807, 2.05) is 9.13 Å². The molecule has 0 atom stereocenters. The van der Waals surface area contributed by atoms with Crippen LogP contribution in [-0.4, -0.2) is 42.1 Å². The molecule has 0 saturated heterocycles. The van der Waals surface area contributed by atoms with E-state index in [2.05, 4.69) is 26.9 Å². The van der Waals surface area contributed by atoms with E-state index in [9.17, 15) is 9.18 Å². The normalized spacial score (nSPS) is 11.1. The van der Waals surface area contributed by atoms with Crippen molar-refractivity contribution in [2.45, 2.75) is 26.4 Å². The van der Waals surface area contributed by atoms with Gasteiger partial charge in [0, 0.05) is 25.1 Å². The Labute approximate surface area is 166 Å². The molecule has 4 heterocycles. The fourth-order valence-corrected chi connectivity index (χ4v) is 3.22. The number of esters is 1. The SMILES string of the molecule is CCCn1c(Cn2ccnc2-c2cccc(F)n2)nc2cc(C(=O)OC)cnc21. The minimum Gasteiger partial charge on any atom is -0.465 e. The summed E-state index contributed by atoms with van der Waals surface area (Å²) in [4.78, 5) is 29.2. The second-order valence-electron chi connectivity index (χ2n) is 6.46. The lowest BCUT2D eigenvalue weighted by Gasteiger charge is -2.10. The Morgan fingerprint density at radius 1 is 1.24 bits per heavy atom. The molecule has 4 aromatic heterocycles. The van der Waals surface area contributed by atoms with Crippen LogP contribution >= 0.6 is 0 Å². The van der Waals surface area contributed by atoms with E-state index in [4.69, 9.17) is 4.74 Å². The number of halogens is 1. The Bertz CT molecular complexity index is 1180. The largest absolute Gasteiger partial charge is 0.465 e. The molecule has 0 aliphatic heterocycles. The van der Waals surface area contributed by atoms with Crippen molar-refractivity contribution in [1.82, 2.24) is 29.1 Å². The Kier molecular flexibility index (Phi) is 5.03. The highest BCUT2D eigenvalue weighted by Gasteiger charge is 2.17. The van der Waals surface area contributed by atoms with Gasteiger partial charge < -0.3 is 13.9 Å². The average molecular weight is 394 g/mol. The zero-order chi connectivity index (χ0) is 20.4. The molecule has 0 unspecified atom stereocenters. The third kappa shape index (κ3) is 3.58. The van der Waals surface area contributed by atoms with Crippen LogP contribution < -0.4 is 0 Å². The number of imidazole rings is 2. The monoisotopic (exact) mass is 394 g/mol. The molecular formula is C20H19FN6O2. The molecule has 29 heavy (non-hydrogen) atoms. The van der Waals surface area contributed by atoms with Crippen LogP contribution in [0.15, 0.2) is 42.9 Å². The minimum absolute atomic E-state index is 0.347. The summed E-state index contributed by atoms with van der Waals surface area (Å²) < 4.78 is 22.2. The molecule has 148 valence electrons. The first kappa shape index (κ1) is 18.7. The maximum absolute atomic E-state index is 13.5. The van der Waals surface area contributed by atoms with E-state index in [-0.39, 0.29) is 0 Å². The minimum atomic E-state index is -0.560. The lowest BCUT2D eigenvalue weighted by molar-refractivity contribution is 0.0600. The van der Waals surface area contributed by atoms with E-state index in [1.165, 1.54) is 19.4 Å². The second-order valence-corrected chi connectivity index (χ2v) is 6.46. The van der Waals surface area contributed by atoms with Gasteiger partial charge in [-0.2, -0.15) is 4.39 Å². The maximum Gasteiger partial charge on any atom is 0.339 e. The van der Waals surface area contributed by atoms with Crippen molar-refractivity contribution in [3.63, 3.8) is 0 Å². The lowest BCUT2D eigenvalue weighted by Crippen LogP contribution is -2.10. The van der Waals surface area contributed by atoms with Gasteiger partial charge in [0.25, 0.3) is 0 Å². The average Bonchev–Trinajstić information content (AvgIpc) is 3.32. The zero-order valence-corrected chi connectivity index (χ0v) is 16.0. The first-order chi connectivity index (χ1) is 14.1. The molecule has 4 rings (SSSR count). The smallest absolute Gasteiger partial charge is 0.339 e. The number of ether oxygens (including phenoxy) is 1. The van der Waals surface area contributed by atoms with E-state index >= 15 is 0 Å². The van der Waals surface area contributed by atoms with E-state index in [0.29, 0.717) is 34.8 Å². The van der Waals surface area contributed by atoms with Gasteiger partial charge in [-0.25, -0.2) is 24.7 Å². The van der Waals surface area contributed by atoms with Crippen molar-refractivity contribution < 1.29 is 13.9 Å². The Balaban J connectivity index is 1.76. The summed E-state index contributed by atoms with van der Waals surface area (Å²) in [5, 5.41) is 0. The lowest BCUT2D eigenvalue weighted by atomic mass is 10.3. The molecule has 0 N–H and O–H groups in total. The number of aromatic nitrogens is 6. The van der Waals surface area contributed by atoms with Crippen LogP contribution in [0, 0.1) is 5.95 Å². The number of carbonyl (C=O) groups is 1. The van der Waals surface area contributed by atoms with Gasteiger partial charge in [0.05, 0.1) is 19.2 Å². The molecule has 0 spiro atoms. The van der Waals surface area contributed by atoms with Crippen molar-refractivity contribution in [3.8, 4) is 11.5 Å². The summed E-state index contributed by atoms with van der Waals surface area (Å²) in [6, 6.07) is 6.27.